The SMILES string of the molecule is Cc1c(-c2ccccc2)oc2c(C(=O)N3CCN(CC(=O)NC4CC4)CC3)cccc2c1=O. The summed E-state index contributed by atoms with van der Waals surface area (Å²) in [6.45, 7) is 4.42. The Bertz CT molecular complexity index is 1260. The molecule has 0 unspecified atom stereocenters. The van der Waals surface area contributed by atoms with Crippen LogP contribution in [0, 0.1) is 6.92 Å². The van der Waals surface area contributed by atoms with Crippen molar-refractivity contribution in [2.45, 2.75) is 25.8 Å². The maximum Gasteiger partial charge on any atom is 0.257 e. The first-order valence-corrected chi connectivity index (χ1v) is 11.4. The second kappa shape index (κ2) is 8.83. The number of hydrogen-bond acceptors (Lipinski definition) is 5. The van der Waals surface area contributed by atoms with Crippen LogP contribution in [-0.2, 0) is 4.79 Å². The zero-order chi connectivity index (χ0) is 22.9. The van der Waals surface area contributed by atoms with E-state index in [1.54, 1.807) is 30.0 Å². The van der Waals surface area contributed by atoms with Crippen LogP contribution in [0.2, 0.25) is 0 Å². The number of nitrogens with zero attached hydrogens (tertiary/aromatic N) is 2. The molecule has 2 aliphatic rings. The Morgan fingerprint density at radius 2 is 1.73 bits per heavy atom. The molecule has 7 heteroatoms. The van der Waals surface area contributed by atoms with Crippen LogP contribution in [0.3, 0.4) is 0 Å². The number of rotatable bonds is 5. The van der Waals surface area contributed by atoms with Gasteiger partial charge in [-0.25, -0.2) is 0 Å². The Labute approximate surface area is 192 Å². The smallest absolute Gasteiger partial charge is 0.257 e. The molecule has 1 aliphatic heterocycles. The van der Waals surface area contributed by atoms with E-state index in [-0.39, 0.29) is 17.2 Å². The Kier molecular flexibility index (Phi) is 5.72. The van der Waals surface area contributed by atoms with Crippen LogP contribution in [0.25, 0.3) is 22.3 Å². The molecular formula is C26H27N3O4. The molecule has 170 valence electrons. The topological polar surface area (TPSA) is 82.9 Å². The molecular weight excluding hydrogens is 418 g/mol. The molecule has 1 N–H and O–H groups in total. The predicted molar refractivity (Wildman–Crippen MR) is 126 cm³/mol. The Balaban J connectivity index is 1.38. The average Bonchev–Trinajstić information content (AvgIpc) is 3.65. The van der Waals surface area contributed by atoms with Crippen molar-refractivity contribution in [3.05, 3.63) is 69.9 Å². The van der Waals surface area contributed by atoms with Gasteiger partial charge in [-0.15, -0.1) is 0 Å². The monoisotopic (exact) mass is 445 g/mol. The standard InChI is InChI=1S/C26H27N3O4/c1-17-23(31)20-8-5-9-21(25(20)33-24(17)18-6-3-2-4-7-18)26(32)29-14-12-28(13-15-29)16-22(30)27-19-10-11-19/h2-9,19H,10-16H2,1H3,(H,27,30). The number of fused-ring (bicyclic) bond motifs is 1. The number of amides is 2. The van der Waals surface area contributed by atoms with Gasteiger partial charge in [-0.05, 0) is 31.9 Å². The summed E-state index contributed by atoms with van der Waals surface area (Å²) in [6, 6.07) is 15.0. The number of benzene rings is 2. The van der Waals surface area contributed by atoms with E-state index in [9.17, 15) is 14.4 Å². The lowest BCUT2D eigenvalue weighted by molar-refractivity contribution is -0.122. The molecule has 0 atom stereocenters. The number of para-hydroxylation sites is 1. The van der Waals surface area contributed by atoms with Crippen LogP contribution in [0.5, 0.6) is 0 Å². The third-order valence-electron chi connectivity index (χ3n) is 6.38. The summed E-state index contributed by atoms with van der Waals surface area (Å²) in [6.07, 6.45) is 2.14. The highest BCUT2D eigenvalue weighted by Gasteiger charge is 2.28. The maximum absolute atomic E-state index is 13.4. The third-order valence-corrected chi connectivity index (χ3v) is 6.38. The highest BCUT2D eigenvalue weighted by atomic mass is 16.3. The number of piperazine rings is 1. The number of carbonyl (C=O) groups is 2. The molecule has 2 heterocycles. The van der Waals surface area contributed by atoms with Gasteiger partial charge >= 0.3 is 0 Å². The van der Waals surface area contributed by atoms with Gasteiger partial charge in [0.15, 0.2) is 11.0 Å². The molecule has 2 amide bonds. The van der Waals surface area contributed by atoms with Crippen LogP contribution in [0.4, 0.5) is 0 Å². The summed E-state index contributed by atoms with van der Waals surface area (Å²) in [5.74, 6) is 0.380. The number of hydrogen-bond donors (Lipinski definition) is 1. The van der Waals surface area contributed by atoms with Gasteiger partial charge in [0.2, 0.25) is 5.91 Å². The zero-order valence-corrected chi connectivity index (χ0v) is 18.7. The predicted octanol–water partition coefficient (Wildman–Crippen LogP) is 2.80. The van der Waals surface area contributed by atoms with Gasteiger partial charge in [-0.2, -0.15) is 0 Å². The van der Waals surface area contributed by atoms with Crippen LogP contribution in [-0.4, -0.2) is 60.4 Å². The summed E-state index contributed by atoms with van der Waals surface area (Å²) >= 11 is 0. The fourth-order valence-corrected chi connectivity index (χ4v) is 4.33. The molecule has 0 radical (unpaired) electrons. The molecule has 0 bridgehead atoms. The van der Waals surface area contributed by atoms with E-state index in [4.69, 9.17) is 4.42 Å². The van der Waals surface area contributed by atoms with E-state index < -0.39 is 0 Å². The van der Waals surface area contributed by atoms with E-state index in [1.807, 2.05) is 30.3 Å². The zero-order valence-electron chi connectivity index (χ0n) is 18.7. The summed E-state index contributed by atoms with van der Waals surface area (Å²) < 4.78 is 6.21. The lowest BCUT2D eigenvalue weighted by Crippen LogP contribution is -2.51. The minimum absolute atomic E-state index is 0.0527. The van der Waals surface area contributed by atoms with E-state index >= 15 is 0 Å². The Morgan fingerprint density at radius 1 is 1.00 bits per heavy atom. The molecule has 2 fully saturated rings. The van der Waals surface area contributed by atoms with Crippen molar-refractivity contribution in [3.63, 3.8) is 0 Å². The summed E-state index contributed by atoms with van der Waals surface area (Å²) in [4.78, 5) is 42.4. The summed E-state index contributed by atoms with van der Waals surface area (Å²) in [7, 11) is 0. The van der Waals surface area contributed by atoms with Crippen molar-refractivity contribution in [2.24, 2.45) is 0 Å². The van der Waals surface area contributed by atoms with Crippen molar-refractivity contribution >= 4 is 22.8 Å². The molecule has 3 aromatic rings. The van der Waals surface area contributed by atoms with Crippen molar-refractivity contribution < 1.29 is 14.0 Å². The molecule has 1 saturated heterocycles. The lowest BCUT2D eigenvalue weighted by Gasteiger charge is -2.34. The molecule has 0 spiro atoms. The summed E-state index contributed by atoms with van der Waals surface area (Å²) in [5, 5.41) is 3.42. The second-order valence-electron chi connectivity index (χ2n) is 8.84. The van der Waals surface area contributed by atoms with Crippen molar-refractivity contribution in [2.75, 3.05) is 32.7 Å². The Morgan fingerprint density at radius 3 is 2.42 bits per heavy atom. The van der Waals surface area contributed by atoms with Gasteiger partial charge < -0.3 is 14.6 Å². The minimum Gasteiger partial charge on any atom is -0.455 e. The fraction of sp³-hybridized carbons (Fsp3) is 0.346. The molecule has 1 aliphatic carbocycles. The van der Waals surface area contributed by atoms with Gasteiger partial charge in [0.1, 0.15) is 5.76 Å². The Hall–Kier alpha value is -3.45. The van der Waals surface area contributed by atoms with E-state index in [0.717, 1.165) is 18.4 Å². The van der Waals surface area contributed by atoms with Crippen molar-refractivity contribution in [1.82, 2.24) is 15.1 Å². The molecule has 2 aromatic carbocycles. The van der Waals surface area contributed by atoms with Crippen LogP contribution in [0.1, 0.15) is 28.8 Å². The molecule has 1 saturated carbocycles. The third kappa shape index (κ3) is 4.41. The van der Waals surface area contributed by atoms with Crippen molar-refractivity contribution in [3.8, 4) is 11.3 Å². The highest BCUT2D eigenvalue weighted by Crippen LogP contribution is 2.28. The number of carbonyl (C=O) groups excluding carboxylic acids is 2. The normalized spacial score (nSPS) is 16.7. The number of nitrogens with one attached hydrogen (secondary N) is 1. The molecule has 5 rings (SSSR count). The maximum atomic E-state index is 13.4. The average molecular weight is 446 g/mol. The first-order valence-electron chi connectivity index (χ1n) is 11.4. The highest BCUT2D eigenvalue weighted by molar-refractivity contribution is 6.05. The summed E-state index contributed by atoms with van der Waals surface area (Å²) in [5.41, 5.74) is 1.91. The van der Waals surface area contributed by atoms with Crippen LogP contribution in [0.15, 0.2) is 57.7 Å². The molecule has 33 heavy (non-hydrogen) atoms. The van der Waals surface area contributed by atoms with Gasteiger partial charge in [-0.1, -0.05) is 36.4 Å². The molecule has 7 nitrogen and oxygen atoms in total. The largest absolute Gasteiger partial charge is 0.455 e. The van der Waals surface area contributed by atoms with Crippen LogP contribution >= 0.6 is 0 Å². The minimum atomic E-state index is -0.159. The fourth-order valence-electron chi connectivity index (χ4n) is 4.33. The van der Waals surface area contributed by atoms with E-state index in [2.05, 4.69) is 10.2 Å². The van der Waals surface area contributed by atoms with Gasteiger partial charge in [0.25, 0.3) is 5.91 Å². The lowest BCUT2D eigenvalue weighted by atomic mass is 10.0. The van der Waals surface area contributed by atoms with Gasteiger partial charge in [-0.3, -0.25) is 19.3 Å². The van der Waals surface area contributed by atoms with E-state index in [0.29, 0.717) is 66.6 Å². The van der Waals surface area contributed by atoms with Gasteiger partial charge in [0.05, 0.1) is 17.5 Å². The van der Waals surface area contributed by atoms with Crippen molar-refractivity contribution in [1.29, 1.82) is 0 Å². The van der Waals surface area contributed by atoms with Crippen LogP contribution < -0.4 is 10.7 Å². The van der Waals surface area contributed by atoms with Gasteiger partial charge in [0, 0.05) is 43.3 Å². The first-order chi connectivity index (χ1) is 16.0. The second-order valence-corrected chi connectivity index (χ2v) is 8.84. The quantitative estimate of drug-likeness (QED) is 0.653. The first kappa shape index (κ1) is 21.4. The van der Waals surface area contributed by atoms with E-state index in [1.165, 1.54) is 0 Å². The molecule has 1 aromatic heterocycles.